The highest BCUT2D eigenvalue weighted by Crippen LogP contribution is 2.38. The van der Waals surface area contributed by atoms with Gasteiger partial charge < -0.3 is 10.5 Å². The van der Waals surface area contributed by atoms with Crippen LogP contribution in [0.4, 0.5) is 5.95 Å². The van der Waals surface area contributed by atoms with Crippen LogP contribution in [0.1, 0.15) is 35.1 Å². The molecular weight excluding hydrogens is 390 g/mol. The molecule has 2 saturated heterocycles. The van der Waals surface area contributed by atoms with Crippen molar-refractivity contribution in [3.63, 3.8) is 0 Å². The summed E-state index contributed by atoms with van der Waals surface area (Å²) in [5, 5.41) is 4.28. The summed E-state index contributed by atoms with van der Waals surface area (Å²) in [5.74, 6) is 0.134. The van der Waals surface area contributed by atoms with Crippen LogP contribution in [-0.4, -0.2) is 65.7 Å². The Morgan fingerprint density at radius 2 is 1.86 bits per heavy atom. The minimum Gasteiger partial charge on any atom is -0.374 e. The lowest BCUT2D eigenvalue weighted by atomic mass is 9.99. The average Bonchev–Trinajstić information content (AvgIpc) is 3.44. The molecule has 3 atom stereocenters. The third-order valence-corrected chi connectivity index (χ3v) is 8.47. The zero-order valence-corrected chi connectivity index (χ0v) is 17.1. The van der Waals surface area contributed by atoms with E-state index in [1.165, 1.54) is 22.3 Å². The summed E-state index contributed by atoms with van der Waals surface area (Å²) in [6.45, 7) is 2.26. The molecule has 4 aliphatic rings. The Balaban J connectivity index is 1.39. The van der Waals surface area contributed by atoms with Gasteiger partial charge in [0.05, 0.1) is 30.2 Å². The van der Waals surface area contributed by atoms with E-state index in [0.717, 1.165) is 57.3 Å². The molecule has 1 aromatic heterocycles. The van der Waals surface area contributed by atoms with Crippen molar-refractivity contribution >= 4 is 15.8 Å². The van der Waals surface area contributed by atoms with Gasteiger partial charge in [0.15, 0.2) is 0 Å². The number of ether oxygens (including phenoxy) is 1. The van der Waals surface area contributed by atoms with Crippen LogP contribution in [0.2, 0.25) is 0 Å². The third-order valence-electron chi connectivity index (χ3n) is 6.96. The number of hydrogen-bond acceptors (Lipinski definition) is 7. The molecule has 154 valence electrons. The van der Waals surface area contributed by atoms with E-state index in [1.54, 1.807) is 4.68 Å². The lowest BCUT2D eigenvalue weighted by Gasteiger charge is -2.51. The quantitative estimate of drug-likeness (QED) is 0.783. The normalized spacial score (nSPS) is 27.5. The third kappa shape index (κ3) is 2.67. The number of benzene rings is 1. The summed E-state index contributed by atoms with van der Waals surface area (Å²) in [4.78, 5) is 6.35. The summed E-state index contributed by atoms with van der Waals surface area (Å²) >= 11 is 0. The Hall–Kier alpha value is -1.97. The summed E-state index contributed by atoms with van der Waals surface area (Å²) in [7, 11) is -3.64. The number of sulfone groups is 1. The first-order chi connectivity index (χ1) is 14.0. The molecule has 9 heteroatoms. The van der Waals surface area contributed by atoms with Crippen molar-refractivity contribution in [1.29, 1.82) is 0 Å². The summed E-state index contributed by atoms with van der Waals surface area (Å²) in [6, 6.07) is 2.23. The van der Waals surface area contributed by atoms with E-state index >= 15 is 0 Å². The minimum atomic E-state index is -3.64. The molecular formula is C20H25N5O3S. The monoisotopic (exact) mass is 415 g/mol. The lowest BCUT2D eigenvalue weighted by Crippen LogP contribution is -2.68. The van der Waals surface area contributed by atoms with Gasteiger partial charge in [-0.2, -0.15) is 9.67 Å². The van der Waals surface area contributed by atoms with Crippen molar-refractivity contribution in [2.75, 3.05) is 31.2 Å². The molecule has 3 unspecified atom stereocenters. The van der Waals surface area contributed by atoms with Crippen molar-refractivity contribution < 1.29 is 13.2 Å². The van der Waals surface area contributed by atoms with Gasteiger partial charge in [0.1, 0.15) is 0 Å². The standard InChI is InChI=1S/C20H25N5O3S/c21-19-22-20(29(26,27)11-16-17-10-24(16)7-8-28-17)23-25(19)18-14-5-1-3-12(14)9-13-4-2-6-15(13)18/h9,16-17H,1-8,10-11H2,(H2,21,22,23). The number of morpholine rings is 2. The number of fused-ring (bicyclic) bond motifs is 4. The van der Waals surface area contributed by atoms with Crippen LogP contribution in [0, 0.1) is 0 Å². The molecule has 0 spiro atoms. The number of nitrogen functional groups attached to an aromatic ring is 1. The maximum Gasteiger partial charge on any atom is 0.269 e. The summed E-state index contributed by atoms with van der Waals surface area (Å²) in [5.41, 5.74) is 12.4. The average molecular weight is 416 g/mol. The topological polar surface area (TPSA) is 103 Å². The smallest absolute Gasteiger partial charge is 0.269 e. The van der Waals surface area contributed by atoms with E-state index in [4.69, 9.17) is 10.5 Å². The second kappa shape index (κ2) is 6.26. The van der Waals surface area contributed by atoms with E-state index in [9.17, 15) is 8.42 Å². The Kier molecular flexibility index (Phi) is 3.86. The van der Waals surface area contributed by atoms with Crippen molar-refractivity contribution in [1.82, 2.24) is 19.7 Å². The fourth-order valence-electron chi connectivity index (χ4n) is 5.48. The molecule has 29 heavy (non-hydrogen) atoms. The lowest BCUT2D eigenvalue weighted by molar-refractivity contribution is -0.152. The van der Waals surface area contributed by atoms with Crippen LogP contribution in [0.15, 0.2) is 11.2 Å². The SMILES string of the molecule is Nc1nc(S(=O)(=O)CC2C3CN2CCO3)nn1-c1c2c(cc3c1CCC3)CCC2. The van der Waals surface area contributed by atoms with Gasteiger partial charge in [-0.3, -0.25) is 4.90 Å². The Morgan fingerprint density at radius 1 is 1.14 bits per heavy atom. The predicted octanol–water partition coefficient (Wildman–Crippen LogP) is 0.684. The highest BCUT2D eigenvalue weighted by Gasteiger charge is 2.46. The molecule has 8 nitrogen and oxygen atoms in total. The van der Waals surface area contributed by atoms with E-state index in [2.05, 4.69) is 21.0 Å². The number of anilines is 1. The molecule has 0 amide bonds. The van der Waals surface area contributed by atoms with Gasteiger partial charge >= 0.3 is 0 Å². The first kappa shape index (κ1) is 17.9. The minimum absolute atomic E-state index is 0.00128. The molecule has 0 saturated carbocycles. The predicted molar refractivity (Wildman–Crippen MR) is 107 cm³/mol. The fourth-order valence-corrected chi connectivity index (χ4v) is 6.95. The molecule has 1 aromatic carbocycles. The molecule has 0 radical (unpaired) electrons. The number of hydrogen-bond donors (Lipinski definition) is 1. The van der Waals surface area contributed by atoms with E-state index in [0.29, 0.717) is 6.61 Å². The first-order valence-electron chi connectivity index (χ1n) is 10.5. The van der Waals surface area contributed by atoms with Gasteiger partial charge in [-0.05, 0) is 60.8 Å². The van der Waals surface area contributed by atoms with Crippen molar-refractivity contribution in [2.45, 2.75) is 55.8 Å². The van der Waals surface area contributed by atoms with Gasteiger partial charge in [0, 0.05) is 13.1 Å². The Bertz CT molecular complexity index is 1060. The highest BCUT2D eigenvalue weighted by atomic mass is 32.2. The van der Waals surface area contributed by atoms with Crippen molar-refractivity contribution in [3.05, 3.63) is 28.3 Å². The number of aromatic nitrogens is 3. The number of nitrogens with two attached hydrogens (primary N) is 1. The van der Waals surface area contributed by atoms with Gasteiger partial charge in [0.25, 0.3) is 5.16 Å². The molecule has 2 aliphatic heterocycles. The molecule has 2 aliphatic carbocycles. The number of aryl methyl sites for hydroxylation is 2. The van der Waals surface area contributed by atoms with E-state index in [1.807, 2.05) is 0 Å². The Morgan fingerprint density at radius 3 is 2.48 bits per heavy atom. The maximum absolute atomic E-state index is 13.1. The molecule has 3 heterocycles. The first-order valence-corrected chi connectivity index (χ1v) is 12.1. The maximum atomic E-state index is 13.1. The van der Waals surface area contributed by atoms with Gasteiger partial charge in [-0.15, -0.1) is 5.10 Å². The van der Waals surface area contributed by atoms with Crippen LogP contribution in [-0.2, 0) is 40.3 Å². The highest BCUT2D eigenvalue weighted by molar-refractivity contribution is 7.91. The van der Waals surface area contributed by atoms with Gasteiger partial charge in [-0.25, -0.2) is 8.42 Å². The molecule has 2 fully saturated rings. The fraction of sp³-hybridized carbons (Fsp3) is 0.600. The molecule has 2 aromatic rings. The van der Waals surface area contributed by atoms with Gasteiger partial charge in [-0.1, -0.05) is 6.07 Å². The molecule has 2 N–H and O–H groups in total. The largest absolute Gasteiger partial charge is 0.374 e. The second-order valence-electron chi connectivity index (χ2n) is 8.62. The van der Waals surface area contributed by atoms with E-state index < -0.39 is 9.84 Å². The Labute approximate surface area is 170 Å². The second-order valence-corrected chi connectivity index (χ2v) is 10.6. The molecule has 2 bridgehead atoms. The number of rotatable bonds is 4. The van der Waals surface area contributed by atoms with Crippen LogP contribution < -0.4 is 5.73 Å². The summed E-state index contributed by atoms with van der Waals surface area (Å²) in [6.07, 6.45) is 6.32. The van der Waals surface area contributed by atoms with Crippen LogP contribution in [0.25, 0.3) is 5.69 Å². The van der Waals surface area contributed by atoms with Gasteiger partial charge in [0.2, 0.25) is 15.8 Å². The van der Waals surface area contributed by atoms with Crippen LogP contribution in [0.3, 0.4) is 0 Å². The van der Waals surface area contributed by atoms with Crippen molar-refractivity contribution in [3.8, 4) is 5.69 Å². The zero-order chi connectivity index (χ0) is 19.8. The van der Waals surface area contributed by atoms with E-state index in [-0.39, 0.29) is 29.0 Å². The molecule has 6 rings (SSSR count). The van der Waals surface area contributed by atoms with Crippen molar-refractivity contribution in [2.24, 2.45) is 0 Å². The van der Waals surface area contributed by atoms with Crippen LogP contribution in [0.5, 0.6) is 0 Å². The summed E-state index contributed by atoms with van der Waals surface area (Å²) < 4.78 is 33.4. The zero-order valence-electron chi connectivity index (χ0n) is 16.3. The van der Waals surface area contributed by atoms with Crippen LogP contribution >= 0.6 is 0 Å². The number of nitrogens with zero attached hydrogens (tertiary/aromatic N) is 4.